The van der Waals surface area contributed by atoms with Crippen LogP contribution in [-0.2, 0) is 14.8 Å². The number of anilines is 1. The van der Waals surface area contributed by atoms with Gasteiger partial charge in [-0.3, -0.25) is 9.10 Å². The third-order valence-electron chi connectivity index (χ3n) is 3.19. The topological polar surface area (TPSA) is 80.5 Å². The molecule has 24 heavy (non-hydrogen) atoms. The van der Waals surface area contributed by atoms with Gasteiger partial charge >= 0.3 is 0 Å². The van der Waals surface area contributed by atoms with Crippen LogP contribution >= 0.6 is 34.8 Å². The molecule has 0 aliphatic heterocycles. The molecule has 0 aliphatic rings. The Morgan fingerprint density at radius 3 is 2.29 bits per heavy atom. The molecule has 0 saturated carbocycles. The maximum atomic E-state index is 13.0. The summed E-state index contributed by atoms with van der Waals surface area (Å²) < 4.78 is 26.8. The van der Waals surface area contributed by atoms with E-state index in [1.807, 2.05) is 0 Å². The van der Waals surface area contributed by atoms with Gasteiger partial charge in [0, 0.05) is 10.0 Å². The number of sulfonamides is 1. The van der Waals surface area contributed by atoms with Crippen molar-refractivity contribution < 1.29 is 13.2 Å². The van der Waals surface area contributed by atoms with Crippen molar-refractivity contribution in [1.82, 2.24) is 0 Å². The van der Waals surface area contributed by atoms with Crippen molar-refractivity contribution in [1.29, 1.82) is 0 Å². The Balaban J connectivity index is 2.64. The standard InChI is InChI=1S/C15H13Cl3N2O3S/c1-9-6-11(3-5-12(9)17)20(8-15(19)21)24(22,23)14-7-10(16)2-4-13(14)18/h2-7H,8H2,1H3,(H2,19,21). The molecule has 0 saturated heterocycles. The van der Waals surface area contributed by atoms with Gasteiger partial charge in [0.05, 0.1) is 10.7 Å². The van der Waals surface area contributed by atoms with E-state index in [-0.39, 0.29) is 20.6 Å². The number of halogens is 3. The normalized spacial score (nSPS) is 11.3. The Morgan fingerprint density at radius 1 is 1.08 bits per heavy atom. The van der Waals surface area contributed by atoms with E-state index < -0.39 is 22.5 Å². The van der Waals surface area contributed by atoms with Crippen molar-refractivity contribution >= 4 is 56.4 Å². The molecular formula is C15H13Cl3N2O3S. The smallest absolute Gasteiger partial charge is 0.266 e. The molecule has 5 nitrogen and oxygen atoms in total. The predicted molar refractivity (Wildman–Crippen MR) is 96.4 cm³/mol. The largest absolute Gasteiger partial charge is 0.368 e. The van der Waals surface area contributed by atoms with Crippen molar-refractivity contribution in [2.24, 2.45) is 5.73 Å². The van der Waals surface area contributed by atoms with Crippen LogP contribution in [0.3, 0.4) is 0 Å². The fourth-order valence-corrected chi connectivity index (χ4v) is 4.31. The second kappa shape index (κ2) is 7.19. The maximum Gasteiger partial charge on any atom is 0.266 e. The average Bonchev–Trinajstić information content (AvgIpc) is 2.50. The minimum absolute atomic E-state index is 0.0143. The monoisotopic (exact) mass is 406 g/mol. The lowest BCUT2D eigenvalue weighted by atomic mass is 10.2. The van der Waals surface area contributed by atoms with Gasteiger partial charge in [0.1, 0.15) is 11.4 Å². The van der Waals surface area contributed by atoms with Crippen LogP contribution < -0.4 is 10.0 Å². The van der Waals surface area contributed by atoms with Gasteiger partial charge in [-0.05, 0) is 48.9 Å². The van der Waals surface area contributed by atoms with E-state index in [1.165, 1.54) is 30.3 Å². The first-order valence-electron chi connectivity index (χ1n) is 6.65. The number of hydrogen-bond acceptors (Lipinski definition) is 3. The summed E-state index contributed by atoms with van der Waals surface area (Å²) in [4.78, 5) is 11.2. The molecule has 2 aromatic carbocycles. The number of nitrogens with zero attached hydrogens (tertiary/aromatic N) is 1. The van der Waals surface area contributed by atoms with Gasteiger partial charge < -0.3 is 5.73 Å². The quantitative estimate of drug-likeness (QED) is 0.821. The lowest BCUT2D eigenvalue weighted by Gasteiger charge is -2.24. The number of carbonyl (C=O) groups excluding carboxylic acids is 1. The number of nitrogens with two attached hydrogens (primary N) is 1. The number of rotatable bonds is 5. The molecule has 0 fully saturated rings. The van der Waals surface area contributed by atoms with E-state index in [1.54, 1.807) is 13.0 Å². The first-order chi connectivity index (χ1) is 11.1. The highest BCUT2D eigenvalue weighted by molar-refractivity contribution is 7.93. The molecule has 0 unspecified atom stereocenters. The number of hydrogen-bond donors (Lipinski definition) is 1. The molecule has 0 aromatic heterocycles. The van der Waals surface area contributed by atoms with Gasteiger partial charge in [-0.2, -0.15) is 0 Å². The van der Waals surface area contributed by atoms with Crippen LogP contribution in [0.4, 0.5) is 5.69 Å². The fourth-order valence-electron chi connectivity index (χ4n) is 2.03. The average molecular weight is 408 g/mol. The summed E-state index contributed by atoms with van der Waals surface area (Å²) >= 11 is 17.8. The minimum atomic E-state index is -4.16. The molecule has 0 heterocycles. The molecule has 0 spiro atoms. The molecule has 128 valence electrons. The SMILES string of the molecule is Cc1cc(N(CC(N)=O)S(=O)(=O)c2cc(Cl)ccc2Cl)ccc1Cl. The van der Waals surface area contributed by atoms with E-state index in [2.05, 4.69) is 0 Å². The zero-order chi connectivity index (χ0) is 18.1. The van der Waals surface area contributed by atoms with Crippen LogP contribution in [-0.4, -0.2) is 20.9 Å². The van der Waals surface area contributed by atoms with Gasteiger partial charge in [-0.1, -0.05) is 34.8 Å². The first kappa shape index (κ1) is 18.9. The second-order valence-corrected chi connectivity index (χ2v) is 8.07. The molecule has 0 bridgehead atoms. The van der Waals surface area contributed by atoms with Gasteiger partial charge in [0.25, 0.3) is 10.0 Å². The van der Waals surface area contributed by atoms with E-state index in [4.69, 9.17) is 40.5 Å². The van der Waals surface area contributed by atoms with Gasteiger partial charge in [0.15, 0.2) is 0 Å². The molecule has 9 heteroatoms. The molecule has 0 aliphatic carbocycles. The molecule has 0 radical (unpaired) electrons. The summed E-state index contributed by atoms with van der Waals surface area (Å²) in [6, 6.07) is 8.61. The zero-order valence-corrected chi connectivity index (χ0v) is 15.5. The molecule has 2 aromatic rings. The molecule has 1 amide bonds. The molecular weight excluding hydrogens is 395 g/mol. The van der Waals surface area contributed by atoms with Crippen molar-refractivity contribution in [2.45, 2.75) is 11.8 Å². The highest BCUT2D eigenvalue weighted by atomic mass is 35.5. The van der Waals surface area contributed by atoms with Crippen LogP contribution in [0.25, 0.3) is 0 Å². The number of benzene rings is 2. The first-order valence-corrected chi connectivity index (χ1v) is 9.22. The van der Waals surface area contributed by atoms with Crippen molar-refractivity contribution in [3.63, 3.8) is 0 Å². The highest BCUT2D eigenvalue weighted by Gasteiger charge is 2.29. The van der Waals surface area contributed by atoms with Crippen LogP contribution in [0.15, 0.2) is 41.3 Å². The third-order valence-corrected chi connectivity index (χ3v) is 6.10. The molecule has 2 rings (SSSR count). The summed E-state index contributed by atoms with van der Waals surface area (Å²) in [5, 5.41) is 0.653. The fraction of sp³-hybridized carbons (Fsp3) is 0.133. The second-order valence-electron chi connectivity index (χ2n) is 4.99. The Morgan fingerprint density at radius 2 is 1.71 bits per heavy atom. The van der Waals surface area contributed by atoms with Crippen LogP contribution in [0.2, 0.25) is 15.1 Å². The van der Waals surface area contributed by atoms with Crippen LogP contribution in [0.5, 0.6) is 0 Å². The molecule has 2 N–H and O–H groups in total. The van der Waals surface area contributed by atoms with E-state index in [0.29, 0.717) is 10.6 Å². The summed E-state index contributed by atoms with van der Waals surface area (Å²) in [5.74, 6) is -0.815. The van der Waals surface area contributed by atoms with Gasteiger partial charge in [0.2, 0.25) is 5.91 Å². The van der Waals surface area contributed by atoms with Gasteiger partial charge in [-0.25, -0.2) is 8.42 Å². The zero-order valence-electron chi connectivity index (χ0n) is 12.5. The van der Waals surface area contributed by atoms with Crippen molar-refractivity contribution in [3.8, 4) is 0 Å². The molecule has 0 atom stereocenters. The van der Waals surface area contributed by atoms with Crippen molar-refractivity contribution in [3.05, 3.63) is 57.0 Å². The van der Waals surface area contributed by atoms with E-state index >= 15 is 0 Å². The summed E-state index contributed by atoms with van der Waals surface area (Å²) in [5.41, 5.74) is 6.10. The van der Waals surface area contributed by atoms with Gasteiger partial charge in [-0.15, -0.1) is 0 Å². The number of aryl methyl sites for hydroxylation is 1. The Hall–Kier alpha value is -1.47. The lowest BCUT2D eigenvalue weighted by Crippen LogP contribution is -2.38. The number of carbonyl (C=O) groups is 1. The third kappa shape index (κ3) is 3.95. The Bertz CT molecular complexity index is 901. The predicted octanol–water partition coefficient (Wildman–Crippen LogP) is 3.64. The van der Waals surface area contributed by atoms with E-state index in [0.717, 1.165) is 4.31 Å². The van der Waals surface area contributed by atoms with Crippen LogP contribution in [0, 0.1) is 6.92 Å². The Labute approximate surface area is 155 Å². The van der Waals surface area contributed by atoms with E-state index in [9.17, 15) is 13.2 Å². The number of primary amides is 1. The van der Waals surface area contributed by atoms with Crippen molar-refractivity contribution in [2.75, 3.05) is 10.8 Å². The minimum Gasteiger partial charge on any atom is -0.368 e. The summed E-state index contributed by atoms with van der Waals surface area (Å²) in [6.45, 7) is 1.17. The van der Waals surface area contributed by atoms with Crippen LogP contribution in [0.1, 0.15) is 5.56 Å². The highest BCUT2D eigenvalue weighted by Crippen LogP contribution is 2.31. The Kier molecular flexibility index (Phi) is 5.65. The number of amides is 1. The summed E-state index contributed by atoms with van der Waals surface area (Å²) in [7, 11) is -4.16. The lowest BCUT2D eigenvalue weighted by molar-refractivity contribution is -0.116. The summed E-state index contributed by atoms with van der Waals surface area (Å²) in [6.07, 6.45) is 0. The maximum absolute atomic E-state index is 13.0.